The number of hydrogen-bond acceptors (Lipinski definition) is 0. The van der Waals surface area contributed by atoms with Gasteiger partial charge in [0.05, 0.1) is 11.4 Å². The van der Waals surface area contributed by atoms with Gasteiger partial charge in [0.2, 0.25) is 0 Å². The van der Waals surface area contributed by atoms with Crippen LogP contribution in [0.2, 0.25) is 0 Å². The number of aryl methyl sites for hydroxylation is 1. The first-order valence-electron chi connectivity index (χ1n) is 10.2. The van der Waals surface area contributed by atoms with Crippen molar-refractivity contribution in [3.63, 3.8) is 0 Å². The maximum absolute atomic E-state index is 2.47. The minimum Gasteiger partial charge on any atom is -0.308 e. The molecule has 0 aliphatic rings. The standard InChI is InChI=1S/C28H23N/c1-2-21-13-9-12-20-26(21)29-27(22-14-5-3-6-15-22)24-18-10-11-19-25(24)28(29)23-16-7-4-8-17-23/h3-20H,2H2,1H3. The van der Waals surface area contributed by atoms with Crippen molar-refractivity contribution < 1.29 is 0 Å². The van der Waals surface area contributed by atoms with Crippen LogP contribution in [0.1, 0.15) is 12.5 Å². The van der Waals surface area contributed by atoms with Crippen LogP contribution in [0.15, 0.2) is 109 Å². The second-order valence-corrected chi connectivity index (χ2v) is 7.29. The summed E-state index contributed by atoms with van der Waals surface area (Å²) in [6.45, 7) is 2.23. The summed E-state index contributed by atoms with van der Waals surface area (Å²) in [7, 11) is 0. The molecule has 0 unspecified atom stereocenters. The molecule has 0 amide bonds. The lowest BCUT2D eigenvalue weighted by atomic mass is 10.0. The smallest absolute Gasteiger partial charge is 0.0613 e. The number of aromatic nitrogens is 1. The number of benzene rings is 4. The van der Waals surface area contributed by atoms with Crippen LogP contribution in [-0.2, 0) is 6.42 Å². The van der Waals surface area contributed by atoms with Gasteiger partial charge in [-0.05, 0) is 29.2 Å². The highest BCUT2D eigenvalue weighted by molar-refractivity contribution is 6.06. The van der Waals surface area contributed by atoms with E-state index >= 15 is 0 Å². The largest absolute Gasteiger partial charge is 0.308 e. The Morgan fingerprint density at radius 1 is 0.517 bits per heavy atom. The molecule has 0 saturated carbocycles. The first-order chi connectivity index (χ1) is 14.4. The van der Waals surface area contributed by atoms with Crippen molar-refractivity contribution in [1.29, 1.82) is 0 Å². The van der Waals surface area contributed by atoms with Crippen molar-refractivity contribution in [2.24, 2.45) is 0 Å². The second kappa shape index (κ2) is 7.44. The lowest BCUT2D eigenvalue weighted by molar-refractivity contribution is 1.03. The van der Waals surface area contributed by atoms with Gasteiger partial charge in [-0.1, -0.05) is 110 Å². The molecule has 1 heterocycles. The summed E-state index contributed by atoms with van der Waals surface area (Å²) < 4.78 is 2.47. The van der Waals surface area contributed by atoms with Crippen LogP contribution in [0.3, 0.4) is 0 Å². The number of hydrogen-bond donors (Lipinski definition) is 0. The van der Waals surface area contributed by atoms with Crippen LogP contribution in [0.5, 0.6) is 0 Å². The summed E-state index contributed by atoms with van der Waals surface area (Å²) in [5.74, 6) is 0. The number of rotatable bonds is 4. The van der Waals surface area contributed by atoms with Gasteiger partial charge < -0.3 is 4.57 Å². The fourth-order valence-corrected chi connectivity index (χ4v) is 4.28. The van der Waals surface area contributed by atoms with Crippen molar-refractivity contribution in [2.75, 3.05) is 0 Å². The summed E-state index contributed by atoms with van der Waals surface area (Å²) >= 11 is 0. The molecular formula is C28H23N. The molecule has 0 spiro atoms. The highest BCUT2D eigenvalue weighted by Gasteiger charge is 2.21. The molecule has 0 fully saturated rings. The first-order valence-corrected chi connectivity index (χ1v) is 10.2. The van der Waals surface area contributed by atoms with Crippen LogP contribution in [0.4, 0.5) is 0 Å². The molecule has 0 aliphatic carbocycles. The van der Waals surface area contributed by atoms with Gasteiger partial charge in [-0.25, -0.2) is 0 Å². The Kier molecular flexibility index (Phi) is 4.50. The Labute approximate surface area is 171 Å². The zero-order valence-electron chi connectivity index (χ0n) is 16.5. The molecular weight excluding hydrogens is 350 g/mol. The monoisotopic (exact) mass is 373 g/mol. The molecule has 0 atom stereocenters. The lowest BCUT2D eigenvalue weighted by Crippen LogP contribution is -2.03. The summed E-state index contributed by atoms with van der Waals surface area (Å²) in [6.07, 6.45) is 0.993. The molecule has 0 N–H and O–H groups in total. The normalized spacial score (nSPS) is 11.1. The molecule has 1 aromatic heterocycles. The highest BCUT2D eigenvalue weighted by atomic mass is 15.0. The predicted octanol–water partition coefficient (Wildman–Crippen LogP) is 7.53. The molecule has 0 aliphatic heterocycles. The van der Waals surface area contributed by atoms with Crippen molar-refractivity contribution in [3.05, 3.63) is 115 Å². The third kappa shape index (κ3) is 2.96. The fraction of sp³-hybridized carbons (Fsp3) is 0.0714. The second-order valence-electron chi connectivity index (χ2n) is 7.29. The van der Waals surface area contributed by atoms with Gasteiger partial charge in [0.15, 0.2) is 0 Å². The summed E-state index contributed by atoms with van der Waals surface area (Å²) in [5, 5.41) is 2.56. The summed E-state index contributed by atoms with van der Waals surface area (Å²) in [6, 6.07) is 39.0. The molecule has 0 saturated heterocycles. The number of fused-ring (bicyclic) bond motifs is 1. The summed E-state index contributed by atoms with van der Waals surface area (Å²) in [4.78, 5) is 0. The van der Waals surface area contributed by atoms with E-state index in [-0.39, 0.29) is 0 Å². The first kappa shape index (κ1) is 17.5. The maximum atomic E-state index is 2.47. The molecule has 0 radical (unpaired) electrons. The van der Waals surface area contributed by atoms with E-state index in [9.17, 15) is 0 Å². The molecule has 5 aromatic rings. The topological polar surface area (TPSA) is 4.93 Å². The molecule has 29 heavy (non-hydrogen) atoms. The van der Waals surface area contributed by atoms with Crippen LogP contribution < -0.4 is 0 Å². The van der Waals surface area contributed by atoms with Gasteiger partial charge in [0, 0.05) is 16.5 Å². The Bertz CT molecular complexity index is 1190. The van der Waals surface area contributed by atoms with E-state index in [1.165, 1.54) is 44.5 Å². The van der Waals surface area contributed by atoms with Gasteiger partial charge in [-0.3, -0.25) is 0 Å². The molecule has 5 rings (SSSR count). The van der Waals surface area contributed by atoms with Gasteiger partial charge in [0.1, 0.15) is 0 Å². The average Bonchev–Trinajstić information content (AvgIpc) is 3.15. The van der Waals surface area contributed by atoms with Gasteiger partial charge in [-0.15, -0.1) is 0 Å². The van der Waals surface area contributed by atoms with E-state index in [1.54, 1.807) is 0 Å². The molecule has 1 heteroatoms. The van der Waals surface area contributed by atoms with E-state index in [1.807, 2.05) is 0 Å². The number of para-hydroxylation sites is 1. The molecule has 0 bridgehead atoms. The Morgan fingerprint density at radius 2 is 0.966 bits per heavy atom. The SMILES string of the molecule is CCc1ccccc1-n1c(-c2ccccc2)c2ccccc2c1-c1ccccc1. The quantitative estimate of drug-likeness (QED) is 0.307. The Hall–Kier alpha value is -3.58. The number of nitrogens with zero attached hydrogens (tertiary/aromatic N) is 1. The Balaban J connectivity index is 1.98. The van der Waals surface area contributed by atoms with Crippen molar-refractivity contribution in [2.45, 2.75) is 13.3 Å². The van der Waals surface area contributed by atoms with E-state index < -0.39 is 0 Å². The zero-order chi connectivity index (χ0) is 19.6. The third-order valence-corrected chi connectivity index (χ3v) is 5.59. The van der Waals surface area contributed by atoms with E-state index in [2.05, 4.69) is 121 Å². The van der Waals surface area contributed by atoms with E-state index in [0.717, 1.165) is 6.42 Å². The Morgan fingerprint density at radius 3 is 1.48 bits per heavy atom. The van der Waals surface area contributed by atoms with Crippen molar-refractivity contribution >= 4 is 10.8 Å². The molecule has 4 aromatic carbocycles. The predicted molar refractivity (Wildman–Crippen MR) is 124 cm³/mol. The minimum atomic E-state index is 0.993. The van der Waals surface area contributed by atoms with Gasteiger partial charge >= 0.3 is 0 Å². The van der Waals surface area contributed by atoms with Crippen LogP contribution in [0, 0.1) is 0 Å². The summed E-state index contributed by atoms with van der Waals surface area (Å²) in [5.41, 5.74) is 7.57. The maximum Gasteiger partial charge on any atom is 0.0613 e. The molecule has 1 nitrogen and oxygen atoms in total. The van der Waals surface area contributed by atoms with Crippen LogP contribution in [-0.4, -0.2) is 4.57 Å². The van der Waals surface area contributed by atoms with E-state index in [4.69, 9.17) is 0 Å². The zero-order valence-corrected chi connectivity index (χ0v) is 16.5. The van der Waals surface area contributed by atoms with Gasteiger partial charge in [-0.2, -0.15) is 0 Å². The highest BCUT2D eigenvalue weighted by Crippen LogP contribution is 2.42. The van der Waals surface area contributed by atoms with Crippen LogP contribution >= 0.6 is 0 Å². The third-order valence-electron chi connectivity index (χ3n) is 5.59. The van der Waals surface area contributed by atoms with Crippen molar-refractivity contribution in [1.82, 2.24) is 4.57 Å². The van der Waals surface area contributed by atoms with E-state index in [0.29, 0.717) is 0 Å². The average molecular weight is 373 g/mol. The minimum absolute atomic E-state index is 0.993. The fourth-order valence-electron chi connectivity index (χ4n) is 4.28. The van der Waals surface area contributed by atoms with Gasteiger partial charge in [0.25, 0.3) is 0 Å². The molecule has 140 valence electrons. The lowest BCUT2D eigenvalue weighted by Gasteiger charge is -2.17. The van der Waals surface area contributed by atoms with Crippen LogP contribution in [0.25, 0.3) is 39.0 Å². The van der Waals surface area contributed by atoms with Crippen molar-refractivity contribution in [3.8, 4) is 28.2 Å².